The average Bonchev–Trinajstić information content (AvgIpc) is 2.68. The molecule has 4 nitrogen and oxygen atoms in total. The van der Waals surface area contributed by atoms with Crippen molar-refractivity contribution >= 4 is 0 Å². The van der Waals surface area contributed by atoms with E-state index in [9.17, 15) is 0 Å². The normalized spacial score (nSPS) is 23.9. The van der Waals surface area contributed by atoms with Gasteiger partial charge in [-0.3, -0.25) is 10.00 Å². The summed E-state index contributed by atoms with van der Waals surface area (Å²) in [6.07, 6.45) is 1.17. The molecule has 0 unspecified atom stereocenters. The number of nitrogens with one attached hydrogen (secondary N) is 1. The molecule has 2 atom stereocenters. The number of morpholine rings is 1. The Bertz CT molecular complexity index is 355. The molecule has 0 saturated carbocycles. The lowest BCUT2D eigenvalue weighted by Crippen LogP contribution is -2.44. The average molecular weight is 237 g/mol. The van der Waals surface area contributed by atoms with E-state index in [1.54, 1.807) is 0 Å². The quantitative estimate of drug-likeness (QED) is 0.876. The number of hydrogen-bond acceptors (Lipinski definition) is 3. The van der Waals surface area contributed by atoms with Crippen LogP contribution in [0, 0.1) is 13.8 Å². The Morgan fingerprint density at radius 3 is 2.88 bits per heavy atom. The number of rotatable bonds is 3. The van der Waals surface area contributed by atoms with Gasteiger partial charge in [-0.05, 0) is 27.2 Å². The van der Waals surface area contributed by atoms with E-state index in [1.807, 2.05) is 0 Å². The number of ether oxygens (including phenoxy) is 1. The Kier molecular flexibility index (Phi) is 3.84. The van der Waals surface area contributed by atoms with Crippen molar-refractivity contribution in [3.8, 4) is 0 Å². The van der Waals surface area contributed by atoms with Crippen molar-refractivity contribution in [2.45, 2.75) is 46.2 Å². The van der Waals surface area contributed by atoms with Gasteiger partial charge < -0.3 is 4.74 Å². The highest BCUT2D eigenvalue weighted by molar-refractivity contribution is 5.27. The van der Waals surface area contributed by atoms with Crippen LogP contribution < -0.4 is 0 Å². The summed E-state index contributed by atoms with van der Waals surface area (Å²) in [5.41, 5.74) is 3.60. The molecule has 1 N–H and O–H groups in total. The molecule has 96 valence electrons. The van der Waals surface area contributed by atoms with Crippen LogP contribution in [0.2, 0.25) is 0 Å². The van der Waals surface area contributed by atoms with Gasteiger partial charge in [0.05, 0.1) is 24.9 Å². The van der Waals surface area contributed by atoms with E-state index in [-0.39, 0.29) is 0 Å². The molecule has 1 saturated heterocycles. The maximum atomic E-state index is 5.66. The van der Waals surface area contributed by atoms with E-state index in [4.69, 9.17) is 4.74 Å². The largest absolute Gasteiger partial charge is 0.378 e. The maximum absolute atomic E-state index is 5.66. The second-order valence-electron chi connectivity index (χ2n) is 4.93. The number of aromatic amines is 1. The fourth-order valence-corrected chi connectivity index (χ4v) is 2.68. The highest BCUT2D eigenvalue weighted by Gasteiger charge is 2.30. The summed E-state index contributed by atoms with van der Waals surface area (Å²) in [5.74, 6) is 0. The number of nitrogens with zero attached hydrogens (tertiary/aromatic N) is 2. The molecular formula is C13H23N3O. The Balaban J connectivity index is 2.28. The molecule has 1 aliphatic heterocycles. The minimum absolute atomic E-state index is 0.359. The summed E-state index contributed by atoms with van der Waals surface area (Å²) in [5, 5.41) is 7.38. The van der Waals surface area contributed by atoms with Crippen LogP contribution in [0.25, 0.3) is 0 Å². The molecular weight excluding hydrogens is 214 g/mol. The molecule has 1 aromatic heterocycles. The van der Waals surface area contributed by atoms with Crippen LogP contribution in [0.3, 0.4) is 0 Å². The molecule has 0 radical (unpaired) electrons. The van der Waals surface area contributed by atoms with Crippen molar-refractivity contribution in [2.24, 2.45) is 0 Å². The molecule has 17 heavy (non-hydrogen) atoms. The van der Waals surface area contributed by atoms with Gasteiger partial charge in [0.2, 0.25) is 0 Å². The zero-order chi connectivity index (χ0) is 12.4. The second-order valence-corrected chi connectivity index (χ2v) is 4.93. The lowest BCUT2D eigenvalue weighted by molar-refractivity contribution is -0.0278. The van der Waals surface area contributed by atoms with E-state index in [1.165, 1.54) is 17.7 Å². The van der Waals surface area contributed by atoms with Gasteiger partial charge in [0.1, 0.15) is 0 Å². The van der Waals surface area contributed by atoms with E-state index < -0.39 is 0 Å². The number of H-pyrrole nitrogens is 1. The highest BCUT2D eigenvalue weighted by atomic mass is 16.5. The molecule has 2 rings (SSSR count). The predicted octanol–water partition coefficient (Wildman–Crippen LogP) is 2.20. The Morgan fingerprint density at radius 2 is 2.29 bits per heavy atom. The summed E-state index contributed by atoms with van der Waals surface area (Å²) in [6, 6.07) is 0.954. The minimum atomic E-state index is 0.359. The zero-order valence-electron chi connectivity index (χ0n) is 11.3. The fourth-order valence-electron chi connectivity index (χ4n) is 2.68. The Hall–Kier alpha value is -0.870. The molecule has 0 aromatic carbocycles. The smallest absolute Gasteiger partial charge is 0.0665 e. The summed E-state index contributed by atoms with van der Waals surface area (Å²) in [7, 11) is 0. The molecule has 0 bridgehead atoms. The second kappa shape index (κ2) is 5.19. The number of aromatic nitrogens is 2. The lowest BCUT2D eigenvalue weighted by atomic mass is 10.0. The van der Waals surface area contributed by atoms with Crippen LogP contribution in [0.1, 0.15) is 43.3 Å². The van der Waals surface area contributed by atoms with E-state index >= 15 is 0 Å². The van der Waals surface area contributed by atoms with Gasteiger partial charge in [0, 0.05) is 23.8 Å². The molecule has 4 heteroatoms. The summed E-state index contributed by atoms with van der Waals surface area (Å²) < 4.78 is 5.66. The lowest BCUT2D eigenvalue weighted by Gasteiger charge is -2.39. The van der Waals surface area contributed by atoms with Crippen molar-refractivity contribution in [3.63, 3.8) is 0 Å². The monoisotopic (exact) mass is 237 g/mol. The van der Waals surface area contributed by atoms with Crippen LogP contribution in [0.4, 0.5) is 0 Å². The van der Waals surface area contributed by atoms with Gasteiger partial charge in [-0.2, -0.15) is 5.10 Å². The van der Waals surface area contributed by atoms with Crippen LogP contribution in [0.15, 0.2) is 0 Å². The van der Waals surface area contributed by atoms with Crippen LogP contribution in [0.5, 0.6) is 0 Å². The molecule has 0 aliphatic carbocycles. The predicted molar refractivity (Wildman–Crippen MR) is 68.1 cm³/mol. The van der Waals surface area contributed by atoms with Gasteiger partial charge in [-0.1, -0.05) is 6.92 Å². The van der Waals surface area contributed by atoms with Crippen molar-refractivity contribution in [1.82, 2.24) is 15.1 Å². The van der Waals surface area contributed by atoms with Crippen LogP contribution in [-0.2, 0) is 4.74 Å². The standard InChI is InChI=1S/C13H23N3O/c1-5-9(2)16-6-7-17-8-12(16)13-10(3)14-15-11(13)4/h9,12H,5-8H2,1-4H3,(H,14,15)/t9-,12+/m0/s1. The third kappa shape index (κ3) is 2.38. The van der Waals surface area contributed by atoms with Crippen molar-refractivity contribution < 1.29 is 4.74 Å². The third-order valence-corrected chi connectivity index (χ3v) is 3.85. The summed E-state index contributed by atoms with van der Waals surface area (Å²) in [4.78, 5) is 2.55. The van der Waals surface area contributed by atoms with Crippen molar-refractivity contribution in [2.75, 3.05) is 19.8 Å². The Morgan fingerprint density at radius 1 is 1.53 bits per heavy atom. The van der Waals surface area contributed by atoms with Gasteiger partial charge in [-0.25, -0.2) is 0 Å². The van der Waals surface area contributed by atoms with E-state index in [0.29, 0.717) is 12.1 Å². The first-order valence-corrected chi connectivity index (χ1v) is 6.50. The number of hydrogen-bond donors (Lipinski definition) is 1. The SMILES string of the molecule is CC[C@H](C)N1CCOC[C@@H]1c1c(C)n[nH]c1C. The van der Waals surface area contributed by atoms with Crippen LogP contribution >= 0.6 is 0 Å². The van der Waals surface area contributed by atoms with Gasteiger partial charge >= 0.3 is 0 Å². The highest BCUT2D eigenvalue weighted by Crippen LogP contribution is 2.30. The van der Waals surface area contributed by atoms with Crippen molar-refractivity contribution in [1.29, 1.82) is 0 Å². The number of aryl methyl sites for hydroxylation is 2. The first kappa shape index (κ1) is 12.6. The van der Waals surface area contributed by atoms with E-state index in [0.717, 1.165) is 25.5 Å². The first-order chi connectivity index (χ1) is 8.15. The van der Waals surface area contributed by atoms with Gasteiger partial charge in [-0.15, -0.1) is 0 Å². The van der Waals surface area contributed by atoms with Gasteiger partial charge in [0.15, 0.2) is 0 Å². The summed E-state index contributed by atoms with van der Waals surface area (Å²) >= 11 is 0. The first-order valence-electron chi connectivity index (χ1n) is 6.50. The molecule has 1 aromatic rings. The zero-order valence-corrected chi connectivity index (χ0v) is 11.3. The molecule has 1 fully saturated rings. The van der Waals surface area contributed by atoms with Gasteiger partial charge in [0.25, 0.3) is 0 Å². The molecule has 2 heterocycles. The molecule has 0 amide bonds. The molecule has 1 aliphatic rings. The third-order valence-electron chi connectivity index (χ3n) is 3.85. The fraction of sp³-hybridized carbons (Fsp3) is 0.769. The van der Waals surface area contributed by atoms with E-state index in [2.05, 4.69) is 42.8 Å². The minimum Gasteiger partial charge on any atom is -0.378 e. The molecule has 0 spiro atoms. The maximum Gasteiger partial charge on any atom is 0.0665 e. The summed E-state index contributed by atoms with van der Waals surface area (Å²) in [6.45, 7) is 11.3. The van der Waals surface area contributed by atoms with Crippen LogP contribution in [-0.4, -0.2) is 40.9 Å². The van der Waals surface area contributed by atoms with Crippen molar-refractivity contribution in [3.05, 3.63) is 17.0 Å². The topological polar surface area (TPSA) is 41.1 Å². The Labute approximate surface area is 103 Å².